The second-order valence-corrected chi connectivity index (χ2v) is 8.18. The van der Waals surface area contributed by atoms with E-state index < -0.39 is 0 Å². The van der Waals surface area contributed by atoms with Crippen molar-refractivity contribution in [2.45, 2.75) is 13.0 Å². The Kier molecular flexibility index (Phi) is 5.15. The molecule has 2 aliphatic rings. The summed E-state index contributed by atoms with van der Waals surface area (Å²) in [5, 5.41) is 2.92. The molecule has 2 aromatic heterocycles. The van der Waals surface area contributed by atoms with Crippen LogP contribution in [0.15, 0.2) is 41.3 Å². The van der Waals surface area contributed by atoms with Crippen LogP contribution in [-0.4, -0.2) is 57.0 Å². The van der Waals surface area contributed by atoms with Crippen molar-refractivity contribution in [2.24, 2.45) is 11.8 Å². The molecule has 1 aromatic carbocycles. The van der Waals surface area contributed by atoms with Gasteiger partial charge in [0.25, 0.3) is 11.5 Å². The molecule has 1 amide bonds. The first-order valence-electron chi connectivity index (χ1n) is 9.75. The zero-order valence-electron chi connectivity index (χ0n) is 16.7. The van der Waals surface area contributed by atoms with Crippen LogP contribution in [0, 0.1) is 24.6 Å². The van der Waals surface area contributed by atoms with E-state index in [0.29, 0.717) is 24.7 Å². The number of rotatable bonds is 2. The first-order chi connectivity index (χ1) is 13.9. The third-order valence-corrected chi connectivity index (χ3v) is 6.22. The van der Waals surface area contributed by atoms with Gasteiger partial charge in [0.1, 0.15) is 11.4 Å². The number of carbonyl (C=O) groups is 1. The molecular weight excluding hydrogens is 409 g/mol. The number of benzene rings is 1. The second kappa shape index (κ2) is 7.52. The standard InChI is InChI=1S/C21H22FN5O2.ClH/c1-12-6-18-23-8-16(21(29)27(18)24-12)20(28)26-10-14-9-25(2)19(17(14)11-26)13-4-3-5-15(22)7-13;/h3-8,14,17,19,24H,9-11H2,1-2H3;1H/t14-,17+,19-;/m0./s1. The van der Waals surface area contributed by atoms with Gasteiger partial charge in [-0.2, -0.15) is 0 Å². The summed E-state index contributed by atoms with van der Waals surface area (Å²) < 4.78 is 15.1. The van der Waals surface area contributed by atoms with E-state index in [9.17, 15) is 14.0 Å². The van der Waals surface area contributed by atoms with Crippen molar-refractivity contribution in [2.75, 3.05) is 26.7 Å². The summed E-state index contributed by atoms with van der Waals surface area (Å²) in [6.45, 7) is 3.80. The highest BCUT2D eigenvalue weighted by molar-refractivity contribution is 5.94. The fourth-order valence-corrected chi connectivity index (χ4v) is 5.01. The largest absolute Gasteiger partial charge is 0.338 e. The number of halogens is 2. The Morgan fingerprint density at radius 2 is 2.03 bits per heavy atom. The predicted molar refractivity (Wildman–Crippen MR) is 112 cm³/mol. The van der Waals surface area contributed by atoms with E-state index in [4.69, 9.17) is 0 Å². The number of hydrogen-bond donors (Lipinski definition) is 1. The maximum absolute atomic E-state index is 13.8. The van der Waals surface area contributed by atoms with Gasteiger partial charge in [0.05, 0.1) is 0 Å². The normalized spacial score (nSPS) is 23.6. The molecule has 2 aliphatic heterocycles. The summed E-state index contributed by atoms with van der Waals surface area (Å²) in [7, 11) is 2.04. The van der Waals surface area contributed by atoms with Crippen LogP contribution in [0.2, 0.25) is 0 Å². The van der Waals surface area contributed by atoms with E-state index in [1.165, 1.54) is 16.8 Å². The topological polar surface area (TPSA) is 73.7 Å². The van der Waals surface area contributed by atoms with Crippen LogP contribution < -0.4 is 5.56 Å². The van der Waals surface area contributed by atoms with Crippen molar-refractivity contribution in [3.8, 4) is 0 Å². The Labute approximate surface area is 178 Å². The minimum atomic E-state index is -0.385. The summed E-state index contributed by atoms with van der Waals surface area (Å²) in [5.41, 5.74) is 1.91. The van der Waals surface area contributed by atoms with Gasteiger partial charge in [-0.3, -0.25) is 19.6 Å². The third kappa shape index (κ3) is 3.20. The molecule has 0 saturated carbocycles. The number of likely N-dealkylation sites (tertiary alicyclic amines) is 2. The van der Waals surface area contributed by atoms with Crippen molar-refractivity contribution >= 4 is 24.0 Å². The maximum Gasteiger partial charge on any atom is 0.285 e. The Morgan fingerprint density at radius 3 is 2.80 bits per heavy atom. The molecule has 4 heterocycles. The average molecular weight is 432 g/mol. The van der Waals surface area contributed by atoms with E-state index in [1.807, 2.05) is 20.0 Å². The van der Waals surface area contributed by atoms with E-state index in [0.717, 1.165) is 17.8 Å². The molecule has 9 heteroatoms. The predicted octanol–water partition coefficient (Wildman–Crippen LogP) is 2.27. The Balaban J connectivity index is 0.00000218. The molecule has 158 valence electrons. The molecule has 0 spiro atoms. The smallest absolute Gasteiger partial charge is 0.285 e. The van der Waals surface area contributed by atoms with Crippen LogP contribution in [0.3, 0.4) is 0 Å². The van der Waals surface area contributed by atoms with Crippen LogP contribution in [0.4, 0.5) is 4.39 Å². The number of hydrogen-bond acceptors (Lipinski definition) is 4. The van der Waals surface area contributed by atoms with Crippen molar-refractivity contribution in [3.05, 3.63) is 69.5 Å². The van der Waals surface area contributed by atoms with Gasteiger partial charge in [-0.05, 0) is 37.6 Å². The Hall–Kier alpha value is -2.71. The van der Waals surface area contributed by atoms with Crippen LogP contribution >= 0.6 is 12.4 Å². The molecular formula is C21H23ClFN5O2. The summed E-state index contributed by atoms with van der Waals surface area (Å²) in [4.78, 5) is 34.1. The van der Waals surface area contributed by atoms with Gasteiger partial charge in [0, 0.05) is 49.6 Å². The number of aryl methyl sites for hydroxylation is 1. The molecule has 0 aliphatic carbocycles. The van der Waals surface area contributed by atoms with E-state index in [1.54, 1.807) is 23.1 Å². The van der Waals surface area contributed by atoms with Gasteiger partial charge >= 0.3 is 0 Å². The lowest BCUT2D eigenvalue weighted by Crippen LogP contribution is -2.37. The number of nitrogens with one attached hydrogen (secondary N) is 1. The molecule has 0 unspecified atom stereocenters. The molecule has 30 heavy (non-hydrogen) atoms. The third-order valence-electron chi connectivity index (χ3n) is 6.22. The SMILES string of the molecule is Cc1cc2ncc(C(=O)N3C[C@@H]4CN(C)[C@@H](c5cccc(F)c5)[C@@H]4C3)c(=O)n2[nH]1.Cl. The van der Waals surface area contributed by atoms with Gasteiger partial charge in [-0.1, -0.05) is 12.1 Å². The van der Waals surface area contributed by atoms with Crippen molar-refractivity contribution in [1.29, 1.82) is 0 Å². The lowest BCUT2D eigenvalue weighted by Gasteiger charge is -2.26. The number of fused-ring (bicyclic) bond motifs is 2. The Bertz CT molecular complexity index is 1180. The second-order valence-electron chi connectivity index (χ2n) is 8.18. The summed E-state index contributed by atoms with van der Waals surface area (Å²) in [6.07, 6.45) is 1.37. The van der Waals surface area contributed by atoms with Gasteiger partial charge in [-0.15, -0.1) is 12.4 Å². The highest BCUT2D eigenvalue weighted by Gasteiger charge is 2.47. The maximum atomic E-state index is 13.8. The minimum absolute atomic E-state index is 0. The monoisotopic (exact) mass is 431 g/mol. The highest BCUT2D eigenvalue weighted by Crippen LogP contribution is 2.44. The number of carbonyl (C=O) groups excluding carboxylic acids is 1. The first-order valence-corrected chi connectivity index (χ1v) is 9.75. The van der Waals surface area contributed by atoms with Crippen LogP contribution in [0.1, 0.15) is 27.7 Å². The summed E-state index contributed by atoms with van der Waals surface area (Å²) >= 11 is 0. The summed E-state index contributed by atoms with van der Waals surface area (Å²) in [6, 6.07) is 8.50. The lowest BCUT2D eigenvalue weighted by atomic mass is 9.89. The fourth-order valence-electron chi connectivity index (χ4n) is 5.01. The van der Waals surface area contributed by atoms with E-state index in [2.05, 4.69) is 15.0 Å². The molecule has 3 atom stereocenters. The van der Waals surface area contributed by atoms with Gasteiger partial charge in [0.15, 0.2) is 5.65 Å². The summed E-state index contributed by atoms with van der Waals surface area (Å²) in [5.74, 6) is -0.0413. The molecule has 0 bridgehead atoms. The number of amides is 1. The highest BCUT2D eigenvalue weighted by atomic mass is 35.5. The van der Waals surface area contributed by atoms with Crippen LogP contribution in [0.25, 0.3) is 5.65 Å². The van der Waals surface area contributed by atoms with Gasteiger partial charge in [0.2, 0.25) is 0 Å². The number of aromatic nitrogens is 3. The molecule has 2 fully saturated rings. The molecule has 3 aromatic rings. The number of aromatic amines is 1. The Morgan fingerprint density at radius 1 is 1.23 bits per heavy atom. The number of H-pyrrole nitrogens is 1. The zero-order chi connectivity index (χ0) is 20.3. The fraction of sp³-hybridized carbons (Fsp3) is 0.381. The molecule has 1 N–H and O–H groups in total. The minimum Gasteiger partial charge on any atom is -0.338 e. The van der Waals surface area contributed by atoms with Crippen LogP contribution in [0.5, 0.6) is 0 Å². The number of nitrogens with zero attached hydrogens (tertiary/aromatic N) is 4. The lowest BCUT2D eigenvalue weighted by molar-refractivity contribution is 0.0765. The molecule has 0 radical (unpaired) electrons. The van der Waals surface area contributed by atoms with E-state index in [-0.39, 0.29) is 47.2 Å². The van der Waals surface area contributed by atoms with Gasteiger partial charge < -0.3 is 4.90 Å². The first kappa shape index (κ1) is 20.6. The van der Waals surface area contributed by atoms with Crippen molar-refractivity contribution in [3.63, 3.8) is 0 Å². The average Bonchev–Trinajstić information content (AvgIpc) is 3.33. The van der Waals surface area contributed by atoms with E-state index >= 15 is 0 Å². The van der Waals surface area contributed by atoms with Crippen molar-refractivity contribution in [1.82, 2.24) is 24.4 Å². The van der Waals surface area contributed by atoms with Gasteiger partial charge in [-0.25, -0.2) is 13.9 Å². The molecule has 7 nitrogen and oxygen atoms in total. The zero-order valence-corrected chi connectivity index (χ0v) is 17.5. The molecule has 5 rings (SSSR count). The van der Waals surface area contributed by atoms with Crippen LogP contribution in [-0.2, 0) is 0 Å². The van der Waals surface area contributed by atoms with Crippen molar-refractivity contribution < 1.29 is 9.18 Å². The molecule has 2 saturated heterocycles. The quantitative estimate of drug-likeness (QED) is 0.675.